The first kappa shape index (κ1) is 12.9. The van der Waals surface area contributed by atoms with Gasteiger partial charge in [-0.3, -0.25) is 0 Å². The van der Waals surface area contributed by atoms with Gasteiger partial charge >= 0.3 is 0 Å². The van der Waals surface area contributed by atoms with Gasteiger partial charge in [-0.25, -0.2) is 13.1 Å². The van der Waals surface area contributed by atoms with Gasteiger partial charge in [-0.05, 0) is 24.6 Å². The molecular weight excluding hydrogens is 278 g/mol. The lowest BCUT2D eigenvalue weighted by Gasteiger charge is -2.08. The fourth-order valence-corrected chi connectivity index (χ4v) is 2.85. The van der Waals surface area contributed by atoms with Gasteiger partial charge in [0, 0.05) is 5.02 Å². The zero-order chi connectivity index (χ0) is 13.2. The summed E-state index contributed by atoms with van der Waals surface area (Å²) in [6.07, 6.45) is 0. The van der Waals surface area contributed by atoms with Crippen LogP contribution in [0.4, 0.5) is 0 Å². The van der Waals surface area contributed by atoms with Crippen molar-refractivity contribution in [2.45, 2.75) is 18.4 Å². The van der Waals surface area contributed by atoms with Crippen molar-refractivity contribution in [2.75, 3.05) is 0 Å². The van der Waals surface area contributed by atoms with E-state index in [2.05, 4.69) is 25.3 Å². The molecule has 0 atom stereocenters. The maximum Gasteiger partial charge on any atom is 0.241 e. The summed E-state index contributed by atoms with van der Waals surface area (Å²) in [6, 6.07) is 4.70. The Hall–Kier alpha value is -1.51. The number of hydrogen-bond donors (Lipinski definition) is 2. The van der Waals surface area contributed by atoms with Crippen LogP contribution in [-0.4, -0.2) is 29.0 Å². The second kappa shape index (κ2) is 5.01. The molecule has 0 aliphatic heterocycles. The minimum atomic E-state index is -3.65. The van der Waals surface area contributed by atoms with Gasteiger partial charge in [-0.2, -0.15) is 5.21 Å². The summed E-state index contributed by atoms with van der Waals surface area (Å²) >= 11 is 5.89. The zero-order valence-corrected chi connectivity index (χ0v) is 11.0. The van der Waals surface area contributed by atoms with Crippen molar-refractivity contribution >= 4 is 21.6 Å². The molecule has 2 aromatic rings. The van der Waals surface area contributed by atoms with Crippen molar-refractivity contribution in [1.29, 1.82) is 0 Å². The Kier molecular flexibility index (Phi) is 3.60. The molecule has 0 aliphatic carbocycles. The lowest BCUT2D eigenvalue weighted by atomic mass is 10.2. The van der Waals surface area contributed by atoms with Crippen LogP contribution in [-0.2, 0) is 16.6 Å². The summed E-state index contributed by atoms with van der Waals surface area (Å²) < 4.78 is 26.5. The number of benzene rings is 1. The highest BCUT2D eigenvalue weighted by Gasteiger charge is 2.18. The van der Waals surface area contributed by atoms with E-state index < -0.39 is 10.0 Å². The molecule has 0 radical (unpaired) electrons. The third-order valence-electron chi connectivity index (χ3n) is 2.32. The van der Waals surface area contributed by atoms with E-state index in [1.807, 2.05) is 0 Å². The van der Waals surface area contributed by atoms with Crippen LogP contribution in [0.2, 0.25) is 5.02 Å². The summed E-state index contributed by atoms with van der Waals surface area (Å²) in [5.41, 5.74) is 0.500. The van der Waals surface area contributed by atoms with Crippen molar-refractivity contribution < 1.29 is 8.42 Å². The molecule has 18 heavy (non-hydrogen) atoms. The summed E-state index contributed by atoms with van der Waals surface area (Å²) in [7, 11) is -3.65. The third kappa shape index (κ3) is 2.66. The van der Waals surface area contributed by atoms with Gasteiger partial charge in [-0.1, -0.05) is 22.9 Å². The smallest absolute Gasteiger partial charge is 0.207 e. The van der Waals surface area contributed by atoms with E-state index in [1.165, 1.54) is 6.07 Å². The average Bonchev–Trinajstić information content (AvgIpc) is 2.83. The molecule has 1 heterocycles. The number of halogens is 1. The third-order valence-corrected chi connectivity index (χ3v) is 4.27. The summed E-state index contributed by atoms with van der Waals surface area (Å²) in [5, 5.41) is 13.3. The molecule has 0 aliphatic rings. The summed E-state index contributed by atoms with van der Waals surface area (Å²) in [5.74, 6) is 0.262. The van der Waals surface area contributed by atoms with E-state index in [1.54, 1.807) is 19.1 Å². The van der Waals surface area contributed by atoms with E-state index in [0.717, 1.165) is 0 Å². The maximum absolute atomic E-state index is 12.0. The van der Waals surface area contributed by atoms with Gasteiger partial charge in [0.1, 0.15) is 0 Å². The summed E-state index contributed by atoms with van der Waals surface area (Å²) in [4.78, 5) is 0.137. The molecular formula is C9H10ClN5O2S. The minimum Gasteiger partial charge on any atom is -0.207 e. The molecule has 1 aromatic heterocycles. The Labute approximate surface area is 109 Å². The van der Waals surface area contributed by atoms with Crippen molar-refractivity contribution in [1.82, 2.24) is 25.3 Å². The number of aromatic amines is 1. The Morgan fingerprint density at radius 3 is 2.89 bits per heavy atom. The van der Waals surface area contributed by atoms with Crippen LogP contribution in [0.25, 0.3) is 0 Å². The number of nitrogens with one attached hydrogen (secondary N) is 2. The lowest BCUT2D eigenvalue weighted by Crippen LogP contribution is -2.24. The van der Waals surface area contributed by atoms with Crippen molar-refractivity contribution in [2.24, 2.45) is 0 Å². The van der Waals surface area contributed by atoms with E-state index >= 15 is 0 Å². The first-order chi connectivity index (χ1) is 8.50. The first-order valence-corrected chi connectivity index (χ1v) is 6.84. The number of rotatable bonds is 4. The Balaban J connectivity index is 2.23. The van der Waals surface area contributed by atoms with E-state index in [9.17, 15) is 8.42 Å². The minimum absolute atomic E-state index is 0.0369. The van der Waals surface area contributed by atoms with Gasteiger partial charge in [-0.15, -0.1) is 10.2 Å². The predicted octanol–water partition coefficient (Wildman–Crippen LogP) is 0.640. The van der Waals surface area contributed by atoms with Gasteiger partial charge < -0.3 is 0 Å². The fraction of sp³-hybridized carbons (Fsp3) is 0.222. The second-order valence-electron chi connectivity index (χ2n) is 3.52. The molecule has 0 spiro atoms. The molecule has 9 heteroatoms. The highest BCUT2D eigenvalue weighted by atomic mass is 35.5. The van der Waals surface area contributed by atoms with Crippen molar-refractivity contribution in [3.8, 4) is 0 Å². The fourth-order valence-electron chi connectivity index (χ4n) is 1.37. The number of hydrogen-bond acceptors (Lipinski definition) is 5. The van der Waals surface area contributed by atoms with Gasteiger partial charge in [0.05, 0.1) is 11.4 Å². The zero-order valence-electron chi connectivity index (χ0n) is 9.38. The predicted molar refractivity (Wildman–Crippen MR) is 64.4 cm³/mol. The van der Waals surface area contributed by atoms with Crippen LogP contribution in [0.3, 0.4) is 0 Å². The van der Waals surface area contributed by atoms with Gasteiger partial charge in [0.2, 0.25) is 10.0 Å². The highest BCUT2D eigenvalue weighted by molar-refractivity contribution is 7.89. The second-order valence-corrected chi connectivity index (χ2v) is 5.66. The molecule has 1 aromatic carbocycles. The molecule has 0 bridgehead atoms. The van der Waals surface area contributed by atoms with Crippen LogP contribution in [0.1, 0.15) is 11.4 Å². The molecule has 2 N–H and O–H groups in total. The summed E-state index contributed by atoms with van der Waals surface area (Å²) in [6.45, 7) is 1.61. The Bertz CT molecular complexity index is 641. The molecule has 96 valence electrons. The molecule has 0 saturated heterocycles. The van der Waals surface area contributed by atoms with E-state index in [0.29, 0.717) is 10.6 Å². The molecule has 0 amide bonds. The van der Waals surface area contributed by atoms with Gasteiger partial charge in [0.15, 0.2) is 5.82 Å². The standard InChI is InChI=1S/C9H10ClN5O2S/c1-6-7(10)3-2-4-8(6)18(16,17)11-5-9-12-14-15-13-9/h2-4,11H,5H2,1H3,(H,12,13,14,15). The van der Waals surface area contributed by atoms with Crippen molar-refractivity contribution in [3.63, 3.8) is 0 Å². The number of nitrogens with zero attached hydrogens (tertiary/aromatic N) is 3. The van der Waals surface area contributed by atoms with Crippen LogP contribution in [0, 0.1) is 6.92 Å². The first-order valence-electron chi connectivity index (χ1n) is 4.98. The Morgan fingerprint density at radius 2 is 2.22 bits per heavy atom. The molecule has 0 saturated carbocycles. The number of tetrazole rings is 1. The van der Waals surface area contributed by atoms with E-state index in [4.69, 9.17) is 11.6 Å². The van der Waals surface area contributed by atoms with Crippen LogP contribution in [0.5, 0.6) is 0 Å². The van der Waals surface area contributed by atoms with Crippen molar-refractivity contribution in [3.05, 3.63) is 34.6 Å². The Morgan fingerprint density at radius 1 is 1.44 bits per heavy atom. The number of H-pyrrole nitrogens is 1. The van der Waals surface area contributed by atoms with Crippen LogP contribution in [0.15, 0.2) is 23.1 Å². The molecule has 7 nitrogen and oxygen atoms in total. The molecule has 0 unspecified atom stereocenters. The monoisotopic (exact) mass is 287 g/mol. The van der Waals surface area contributed by atoms with Crippen LogP contribution >= 0.6 is 11.6 Å². The normalized spacial score (nSPS) is 11.7. The number of sulfonamides is 1. The topological polar surface area (TPSA) is 101 Å². The quantitative estimate of drug-likeness (QED) is 0.859. The van der Waals surface area contributed by atoms with E-state index in [-0.39, 0.29) is 17.3 Å². The number of aromatic nitrogens is 4. The highest BCUT2D eigenvalue weighted by Crippen LogP contribution is 2.22. The van der Waals surface area contributed by atoms with Crippen LogP contribution < -0.4 is 4.72 Å². The van der Waals surface area contributed by atoms with Gasteiger partial charge in [0.25, 0.3) is 0 Å². The average molecular weight is 288 g/mol. The molecule has 0 fully saturated rings. The largest absolute Gasteiger partial charge is 0.241 e. The molecule has 2 rings (SSSR count). The maximum atomic E-state index is 12.0. The SMILES string of the molecule is Cc1c(Cl)cccc1S(=O)(=O)NCc1nn[nH]n1. The lowest BCUT2D eigenvalue weighted by molar-refractivity contribution is 0.578.